The second-order valence-corrected chi connectivity index (χ2v) is 7.03. The fourth-order valence-electron chi connectivity index (χ4n) is 3.04. The summed E-state index contributed by atoms with van der Waals surface area (Å²) in [5, 5.41) is 6.89. The van der Waals surface area contributed by atoms with Crippen LogP contribution < -0.4 is 5.56 Å². The molecule has 0 bridgehead atoms. The Morgan fingerprint density at radius 3 is 2.53 bits per heavy atom. The average Bonchev–Trinajstić information content (AvgIpc) is 3.15. The van der Waals surface area contributed by atoms with Crippen LogP contribution in [0.4, 0.5) is 0 Å². The van der Waals surface area contributed by atoms with Gasteiger partial charge in [-0.05, 0) is 17.5 Å². The van der Waals surface area contributed by atoms with E-state index < -0.39 is 0 Å². The van der Waals surface area contributed by atoms with Crippen LogP contribution in [0.25, 0.3) is 0 Å². The van der Waals surface area contributed by atoms with E-state index in [0.29, 0.717) is 24.3 Å². The second kappa shape index (κ2) is 10.8. The van der Waals surface area contributed by atoms with Crippen molar-refractivity contribution in [2.24, 2.45) is 0 Å². The summed E-state index contributed by atoms with van der Waals surface area (Å²) in [5.74, 6) is 0.723. The molecule has 0 aliphatic rings. The number of aromatic amines is 1. The van der Waals surface area contributed by atoms with E-state index in [-0.39, 0.29) is 23.9 Å². The van der Waals surface area contributed by atoms with Crippen molar-refractivity contribution >= 4 is 12.4 Å². The number of carboxylic acid groups (broad SMARTS) is 1. The normalized spacial score (nSPS) is 10.3. The number of nitrogens with one attached hydrogen (secondary N) is 1. The highest BCUT2D eigenvalue weighted by molar-refractivity contribution is 5.95. The molecule has 0 spiro atoms. The fourth-order valence-corrected chi connectivity index (χ4v) is 3.04. The third-order valence-corrected chi connectivity index (χ3v) is 4.48. The molecule has 2 N–H and O–H groups in total. The topological polar surface area (TPSA) is 108 Å². The predicted octanol–water partition coefficient (Wildman–Crippen LogP) is 2.72. The lowest BCUT2D eigenvalue weighted by Crippen LogP contribution is -2.30. The van der Waals surface area contributed by atoms with E-state index in [1.165, 1.54) is 11.6 Å². The standard InChI is InChI=1S/C21H24N4O2.CH2O2/c1-15(2)20-17(9-10-19(26)23-20)21(27)24(3)14-18-22-11-12-25(18)13-16-7-5-4-6-8-16;2-1-3/h4-12,15H,13-14H2,1-3H3,(H,23,26);1H,(H,2,3). The third kappa shape index (κ3) is 5.91. The summed E-state index contributed by atoms with van der Waals surface area (Å²) < 4.78 is 2.04. The fraction of sp³-hybridized carbons (Fsp3) is 0.273. The van der Waals surface area contributed by atoms with Gasteiger partial charge in [0, 0.05) is 37.7 Å². The van der Waals surface area contributed by atoms with E-state index in [1.54, 1.807) is 24.2 Å². The van der Waals surface area contributed by atoms with Crippen LogP contribution in [0.5, 0.6) is 0 Å². The largest absolute Gasteiger partial charge is 0.483 e. The predicted molar refractivity (Wildman–Crippen MR) is 113 cm³/mol. The number of imidazole rings is 1. The lowest BCUT2D eigenvalue weighted by atomic mass is 10.0. The summed E-state index contributed by atoms with van der Waals surface area (Å²) in [7, 11) is 1.75. The monoisotopic (exact) mass is 410 g/mol. The molecule has 3 aromatic rings. The number of pyridine rings is 1. The molecule has 8 nitrogen and oxygen atoms in total. The van der Waals surface area contributed by atoms with Crippen molar-refractivity contribution in [2.75, 3.05) is 7.05 Å². The molecule has 0 aliphatic heterocycles. The van der Waals surface area contributed by atoms with Crippen LogP contribution in [0.3, 0.4) is 0 Å². The van der Waals surface area contributed by atoms with Gasteiger partial charge in [0.1, 0.15) is 5.82 Å². The van der Waals surface area contributed by atoms with Gasteiger partial charge >= 0.3 is 0 Å². The van der Waals surface area contributed by atoms with Gasteiger partial charge in [-0.25, -0.2) is 4.98 Å². The number of amides is 1. The van der Waals surface area contributed by atoms with Gasteiger partial charge in [-0.15, -0.1) is 0 Å². The third-order valence-electron chi connectivity index (χ3n) is 4.48. The van der Waals surface area contributed by atoms with Gasteiger partial charge in [-0.2, -0.15) is 0 Å². The van der Waals surface area contributed by atoms with Crippen molar-refractivity contribution in [3.8, 4) is 0 Å². The molecule has 3 rings (SSSR count). The van der Waals surface area contributed by atoms with Crippen molar-refractivity contribution in [2.45, 2.75) is 32.9 Å². The minimum Gasteiger partial charge on any atom is -0.483 e. The van der Waals surface area contributed by atoms with Gasteiger partial charge in [-0.1, -0.05) is 44.2 Å². The Balaban J connectivity index is 0.00000101. The summed E-state index contributed by atoms with van der Waals surface area (Å²) in [6.07, 6.45) is 3.66. The van der Waals surface area contributed by atoms with E-state index in [1.807, 2.05) is 42.8 Å². The molecule has 8 heteroatoms. The van der Waals surface area contributed by atoms with Crippen LogP contribution in [0.1, 0.15) is 47.2 Å². The Hall–Kier alpha value is -3.68. The molecule has 0 saturated carbocycles. The quantitative estimate of drug-likeness (QED) is 0.608. The van der Waals surface area contributed by atoms with Gasteiger partial charge in [0.05, 0.1) is 12.1 Å². The Bertz CT molecular complexity index is 1020. The Morgan fingerprint density at radius 1 is 1.23 bits per heavy atom. The van der Waals surface area contributed by atoms with Gasteiger partial charge < -0.3 is 19.6 Å². The van der Waals surface area contributed by atoms with Gasteiger partial charge in [0.25, 0.3) is 12.4 Å². The van der Waals surface area contributed by atoms with Crippen LogP contribution >= 0.6 is 0 Å². The summed E-state index contributed by atoms with van der Waals surface area (Å²) >= 11 is 0. The maximum Gasteiger partial charge on any atom is 0.290 e. The molecule has 0 saturated heterocycles. The molecule has 2 aromatic heterocycles. The van der Waals surface area contributed by atoms with E-state index in [2.05, 4.69) is 22.1 Å². The van der Waals surface area contributed by atoms with Crippen LogP contribution in [0.15, 0.2) is 59.7 Å². The summed E-state index contributed by atoms with van der Waals surface area (Å²) in [6.45, 7) is 4.74. The van der Waals surface area contributed by atoms with Crippen molar-refractivity contribution in [3.05, 3.63) is 87.9 Å². The molecule has 0 aliphatic carbocycles. The Kier molecular flexibility index (Phi) is 8.10. The molecule has 1 aromatic carbocycles. The number of hydrogen-bond acceptors (Lipinski definition) is 4. The van der Waals surface area contributed by atoms with Crippen molar-refractivity contribution in [1.82, 2.24) is 19.4 Å². The summed E-state index contributed by atoms with van der Waals surface area (Å²) in [4.78, 5) is 41.8. The maximum absolute atomic E-state index is 12.9. The number of rotatable bonds is 6. The summed E-state index contributed by atoms with van der Waals surface area (Å²) in [6, 6.07) is 13.1. The molecule has 2 heterocycles. The number of aromatic nitrogens is 3. The van der Waals surface area contributed by atoms with Crippen LogP contribution in [0.2, 0.25) is 0 Å². The molecular formula is C22H26N4O4. The average molecular weight is 410 g/mol. The number of carbonyl (C=O) groups excluding carboxylic acids is 1. The van der Waals surface area contributed by atoms with E-state index in [4.69, 9.17) is 9.90 Å². The molecule has 1 amide bonds. The van der Waals surface area contributed by atoms with Crippen LogP contribution in [-0.2, 0) is 17.9 Å². The molecule has 30 heavy (non-hydrogen) atoms. The lowest BCUT2D eigenvalue weighted by Gasteiger charge is -2.20. The van der Waals surface area contributed by atoms with Gasteiger partial charge in [0.15, 0.2) is 0 Å². The van der Waals surface area contributed by atoms with Crippen LogP contribution in [0, 0.1) is 0 Å². The number of carbonyl (C=O) groups is 2. The minimum atomic E-state index is -0.250. The summed E-state index contributed by atoms with van der Waals surface area (Å²) in [5.41, 5.74) is 2.16. The molecule has 0 atom stereocenters. The van der Waals surface area contributed by atoms with Gasteiger partial charge in [0.2, 0.25) is 5.56 Å². The first-order chi connectivity index (χ1) is 14.4. The number of benzene rings is 1. The Labute approximate surface area is 174 Å². The second-order valence-electron chi connectivity index (χ2n) is 7.03. The Morgan fingerprint density at radius 2 is 1.90 bits per heavy atom. The molecule has 0 radical (unpaired) electrons. The number of H-pyrrole nitrogens is 1. The maximum atomic E-state index is 12.9. The highest BCUT2D eigenvalue weighted by atomic mass is 16.3. The SMILES string of the molecule is CC(C)c1[nH]c(=O)ccc1C(=O)N(C)Cc1nccn1Cc1ccccc1.O=CO. The van der Waals surface area contributed by atoms with Crippen molar-refractivity contribution in [1.29, 1.82) is 0 Å². The first-order valence-electron chi connectivity index (χ1n) is 9.47. The molecular weight excluding hydrogens is 384 g/mol. The van der Waals surface area contributed by atoms with E-state index in [0.717, 1.165) is 5.82 Å². The minimum absolute atomic E-state index is 0.0475. The smallest absolute Gasteiger partial charge is 0.290 e. The highest BCUT2D eigenvalue weighted by Gasteiger charge is 2.19. The zero-order chi connectivity index (χ0) is 22.1. The van der Waals surface area contributed by atoms with Crippen LogP contribution in [-0.4, -0.2) is 44.0 Å². The first-order valence-corrected chi connectivity index (χ1v) is 9.47. The van der Waals surface area contributed by atoms with Gasteiger partial charge in [-0.3, -0.25) is 14.4 Å². The number of nitrogens with zero attached hydrogens (tertiary/aromatic N) is 3. The number of hydrogen-bond donors (Lipinski definition) is 2. The molecule has 0 fully saturated rings. The molecule has 158 valence electrons. The zero-order valence-electron chi connectivity index (χ0n) is 17.3. The van der Waals surface area contributed by atoms with Crippen molar-refractivity contribution in [3.63, 3.8) is 0 Å². The lowest BCUT2D eigenvalue weighted by molar-refractivity contribution is -0.122. The van der Waals surface area contributed by atoms with E-state index >= 15 is 0 Å². The molecule has 0 unspecified atom stereocenters. The highest BCUT2D eigenvalue weighted by Crippen LogP contribution is 2.17. The van der Waals surface area contributed by atoms with Crippen molar-refractivity contribution < 1.29 is 14.7 Å². The van der Waals surface area contributed by atoms with E-state index in [9.17, 15) is 9.59 Å². The first kappa shape index (κ1) is 22.6. The zero-order valence-corrected chi connectivity index (χ0v) is 17.3.